The maximum Gasteiger partial charge on any atom is 0.270 e. The van der Waals surface area contributed by atoms with Crippen LogP contribution in [0, 0.1) is 0 Å². The van der Waals surface area contributed by atoms with Crippen molar-refractivity contribution in [3.05, 3.63) is 66.4 Å². The molecular weight excluding hydrogens is 308 g/mol. The Balaban J connectivity index is 1.65. The zero-order chi connectivity index (χ0) is 16.8. The molecule has 0 aliphatic rings. The number of nitrogens with zero attached hydrogens (tertiary/aromatic N) is 2. The maximum atomic E-state index is 12.1. The van der Waals surface area contributed by atoms with E-state index in [-0.39, 0.29) is 11.6 Å². The number of hydrogen-bond acceptors (Lipinski definition) is 6. The monoisotopic (exact) mass is 324 g/mol. The number of methoxy groups -OCH3 is 1. The summed E-state index contributed by atoms with van der Waals surface area (Å²) in [6.45, 7) is 0.303. The van der Waals surface area contributed by atoms with Crippen LogP contribution in [0.4, 0.5) is 11.6 Å². The number of carbonyl (C=O) groups is 1. The lowest BCUT2D eigenvalue weighted by Gasteiger charge is -2.07. The molecule has 0 atom stereocenters. The first-order chi connectivity index (χ1) is 11.7. The topological polar surface area (TPSA) is 89.3 Å². The van der Waals surface area contributed by atoms with Crippen LogP contribution in [-0.2, 0) is 6.54 Å². The summed E-state index contributed by atoms with van der Waals surface area (Å²) in [5, 5.41) is 5.78. The molecule has 0 saturated carbocycles. The van der Waals surface area contributed by atoms with Crippen LogP contribution in [0.15, 0.2) is 59.3 Å². The molecule has 0 unspecified atom stereocenters. The van der Waals surface area contributed by atoms with E-state index in [1.807, 2.05) is 24.3 Å². The third-order valence-corrected chi connectivity index (χ3v) is 3.24. The number of carbonyl (C=O) groups excluding carboxylic acids is 1. The molecule has 3 aromatic rings. The fraction of sp³-hybridized carbons (Fsp3) is 0.118. The van der Waals surface area contributed by atoms with E-state index >= 15 is 0 Å². The molecule has 0 radical (unpaired) electrons. The third kappa shape index (κ3) is 3.89. The van der Waals surface area contributed by atoms with E-state index in [9.17, 15) is 4.79 Å². The molecule has 2 aromatic heterocycles. The number of anilines is 2. The van der Waals surface area contributed by atoms with E-state index in [1.165, 1.54) is 6.20 Å². The molecule has 24 heavy (non-hydrogen) atoms. The van der Waals surface area contributed by atoms with Crippen LogP contribution in [0.1, 0.15) is 16.2 Å². The molecule has 0 spiro atoms. The molecule has 7 heteroatoms. The third-order valence-electron chi connectivity index (χ3n) is 3.24. The predicted molar refractivity (Wildman–Crippen MR) is 88.2 cm³/mol. The van der Waals surface area contributed by atoms with Gasteiger partial charge in [-0.1, -0.05) is 0 Å². The number of furan rings is 1. The van der Waals surface area contributed by atoms with Gasteiger partial charge in [0.25, 0.3) is 5.91 Å². The van der Waals surface area contributed by atoms with Gasteiger partial charge in [-0.25, -0.2) is 9.97 Å². The van der Waals surface area contributed by atoms with Gasteiger partial charge in [-0.3, -0.25) is 4.79 Å². The smallest absolute Gasteiger partial charge is 0.270 e. The lowest BCUT2D eigenvalue weighted by atomic mass is 10.3. The van der Waals surface area contributed by atoms with Gasteiger partial charge in [-0.2, -0.15) is 0 Å². The van der Waals surface area contributed by atoms with Gasteiger partial charge in [0.2, 0.25) is 5.95 Å². The maximum absolute atomic E-state index is 12.1. The van der Waals surface area contributed by atoms with Crippen LogP contribution in [0.25, 0.3) is 0 Å². The van der Waals surface area contributed by atoms with Gasteiger partial charge in [0.15, 0.2) is 0 Å². The minimum atomic E-state index is -0.299. The Morgan fingerprint density at radius 2 is 2.04 bits per heavy atom. The second-order valence-corrected chi connectivity index (χ2v) is 4.88. The van der Waals surface area contributed by atoms with Crippen molar-refractivity contribution in [3.8, 4) is 5.75 Å². The highest BCUT2D eigenvalue weighted by molar-refractivity contribution is 5.92. The number of nitrogens with one attached hydrogen (secondary N) is 2. The van der Waals surface area contributed by atoms with Crippen molar-refractivity contribution >= 4 is 17.5 Å². The lowest BCUT2D eigenvalue weighted by molar-refractivity contribution is 0.0943. The highest BCUT2D eigenvalue weighted by atomic mass is 16.5. The standard InChI is InChI=1S/C17H16N4O3/c1-23-13-6-4-12(5-7-13)20-17-18-9-8-15(21-17)16(22)19-11-14-3-2-10-24-14/h2-10H,11H2,1H3,(H,19,22)(H,18,20,21). The number of aromatic nitrogens is 2. The molecule has 0 saturated heterocycles. The Morgan fingerprint density at radius 3 is 2.75 bits per heavy atom. The molecule has 1 aromatic carbocycles. The highest BCUT2D eigenvalue weighted by Crippen LogP contribution is 2.17. The first-order valence-corrected chi connectivity index (χ1v) is 7.29. The van der Waals surface area contributed by atoms with E-state index in [0.29, 0.717) is 18.3 Å². The Labute approximate surface area is 138 Å². The number of benzene rings is 1. The first-order valence-electron chi connectivity index (χ1n) is 7.29. The number of rotatable bonds is 6. The quantitative estimate of drug-likeness (QED) is 0.725. The van der Waals surface area contributed by atoms with Crippen LogP contribution in [0.2, 0.25) is 0 Å². The molecule has 7 nitrogen and oxygen atoms in total. The molecule has 122 valence electrons. The summed E-state index contributed by atoms with van der Waals surface area (Å²) in [7, 11) is 1.61. The summed E-state index contributed by atoms with van der Waals surface area (Å²) in [5.41, 5.74) is 1.07. The van der Waals surface area contributed by atoms with E-state index in [1.54, 1.807) is 31.6 Å². The minimum Gasteiger partial charge on any atom is -0.497 e. The van der Waals surface area contributed by atoms with Gasteiger partial charge in [0, 0.05) is 11.9 Å². The van der Waals surface area contributed by atoms with Crippen molar-refractivity contribution in [2.45, 2.75) is 6.54 Å². The Bertz CT molecular complexity index is 801. The summed E-state index contributed by atoms with van der Waals surface area (Å²) in [6, 6.07) is 12.4. The largest absolute Gasteiger partial charge is 0.497 e. The van der Waals surface area contributed by atoms with E-state index in [4.69, 9.17) is 9.15 Å². The van der Waals surface area contributed by atoms with E-state index < -0.39 is 0 Å². The molecule has 0 fully saturated rings. The van der Waals surface area contributed by atoms with Gasteiger partial charge in [0.05, 0.1) is 19.9 Å². The molecule has 2 N–H and O–H groups in total. The normalized spacial score (nSPS) is 10.2. The molecule has 0 aliphatic heterocycles. The van der Waals surface area contributed by atoms with Crippen molar-refractivity contribution in [2.75, 3.05) is 12.4 Å². The molecule has 3 rings (SSSR count). The zero-order valence-corrected chi connectivity index (χ0v) is 13.0. The number of amides is 1. The Morgan fingerprint density at radius 1 is 1.21 bits per heavy atom. The molecule has 0 aliphatic carbocycles. The number of hydrogen-bond donors (Lipinski definition) is 2. The van der Waals surface area contributed by atoms with E-state index in [0.717, 1.165) is 11.4 Å². The van der Waals surface area contributed by atoms with Crippen molar-refractivity contribution < 1.29 is 13.9 Å². The zero-order valence-electron chi connectivity index (χ0n) is 13.0. The van der Waals surface area contributed by atoms with Crippen molar-refractivity contribution in [2.24, 2.45) is 0 Å². The average Bonchev–Trinajstić information content (AvgIpc) is 3.14. The summed E-state index contributed by atoms with van der Waals surface area (Å²) in [5.74, 6) is 1.47. The fourth-order valence-electron chi connectivity index (χ4n) is 2.02. The molecule has 2 heterocycles. The summed E-state index contributed by atoms with van der Waals surface area (Å²) < 4.78 is 10.3. The second kappa shape index (κ2) is 7.28. The number of ether oxygens (including phenoxy) is 1. The van der Waals surface area contributed by atoms with E-state index in [2.05, 4.69) is 20.6 Å². The minimum absolute atomic E-state index is 0.271. The van der Waals surface area contributed by atoms with Gasteiger partial charge in [0.1, 0.15) is 17.2 Å². The van der Waals surface area contributed by atoms with Crippen molar-refractivity contribution in [1.82, 2.24) is 15.3 Å². The van der Waals surface area contributed by atoms with Crippen LogP contribution >= 0.6 is 0 Å². The summed E-state index contributed by atoms with van der Waals surface area (Å²) in [6.07, 6.45) is 3.09. The lowest BCUT2D eigenvalue weighted by Crippen LogP contribution is -2.23. The second-order valence-electron chi connectivity index (χ2n) is 4.88. The van der Waals surface area contributed by atoms with Gasteiger partial charge in [-0.05, 0) is 42.5 Å². The molecule has 0 bridgehead atoms. The summed E-state index contributed by atoms with van der Waals surface area (Å²) in [4.78, 5) is 20.5. The highest BCUT2D eigenvalue weighted by Gasteiger charge is 2.09. The van der Waals surface area contributed by atoms with Crippen LogP contribution in [-0.4, -0.2) is 23.0 Å². The van der Waals surface area contributed by atoms with Gasteiger partial charge >= 0.3 is 0 Å². The van der Waals surface area contributed by atoms with Crippen molar-refractivity contribution in [3.63, 3.8) is 0 Å². The SMILES string of the molecule is COc1ccc(Nc2nccc(C(=O)NCc3ccco3)n2)cc1. The van der Waals surface area contributed by atoms with Gasteiger partial charge in [-0.15, -0.1) is 0 Å². The predicted octanol–water partition coefficient (Wildman–Crippen LogP) is 2.75. The van der Waals surface area contributed by atoms with Crippen molar-refractivity contribution in [1.29, 1.82) is 0 Å². The first kappa shape index (κ1) is 15.5. The molecular formula is C17H16N4O3. The Hall–Kier alpha value is -3.35. The average molecular weight is 324 g/mol. The fourth-order valence-corrected chi connectivity index (χ4v) is 2.02. The van der Waals surface area contributed by atoms with Crippen LogP contribution in [0.3, 0.4) is 0 Å². The Kier molecular flexibility index (Phi) is 4.71. The van der Waals surface area contributed by atoms with Crippen LogP contribution in [0.5, 0.6) is 5.75 Å². The molecule has 1 amide bonds. The van der Waals surface area contributed by atoms with Crippen LogP contribution < -0.4 is 15.4 Å². The summed E-state index contributed by atoms with van der Waals surface area (Å²) >= 11 is 0. The van der Waals surface area contributed by atoms with Gasteiger partial charge < -0.3 is 19.8 Å².